The molecule has 0 aromatic heterocycles. The highest BCUT2D eigenvalue weighted by Crippen LogP contribution is 2.31. The fourth-order valence-corrected chi connectivity index (χ4v) is 5.47. The number of fused-ring (bicyclic) bond motifs is 1. The molecular formula is C16H29N3O4S. The van der Waals surface area contributed by atoms with Gasteiger partial charge in [-0.05, 0) is 25.7 Å². The highest BCUT2D eigenvalue weighted by molar-refractivity contribution is 7.88. The molecule has 0 aliphatic carbocycles. The predicted octanol–water partition coefficient (Wildman–Crippen LogP) is 0.124. The van der Waals surface area contributed by atoms with Gasteiger partial charge in [0, 0.05) is 38.3 Å². The molecule has 0 aromatic carbocycles. The van der Waals surface area contributed by atoms with Crippen LogP contribution < -0.4 is 0 Å². The lowest BCUT2D eigenvalue weighted by Crippen LogP contribution is -2.59. The summed E-state index contributed by atoms with van der Waals surface area (Å²) in [6, 6.07) is -0.0191. The molecule has 3 rings (SSSR count). The van der Waals surface area contributed by atoms with Crippen LogP contribution in [0.3, 0.4) is 0 Å². The Bertz CT molecular complexity index is 548. The zero-order valence-corrected chi connectivity index (χ0v) is 15.3. The van der Waals surface area contributed by atoms with E-state index in [0.717, 1.165) is 51.7 Å². The van der Waals surface area contributed by atoms with Crippen LogP contribution in [0.1, 0.15) is 32.1 Å². The minimum atomic E-state index is -3.23. The van der Waals surface area contributed by atoms with Crippen LogP contribution in [0.4, 0.5) is 0 Å². The molecular weight excluding hydrogens is 330 g/mol. The van der Waals surface area contributed by atoms with Crippen LogP contribution in [0.2, 0.25) is 0 Å². The predicted molar refractivity (Wildman–Crippen MR) is 91.2 cm³/mol. The van der Waals surface area contributed by atoms with Gasteiger partial charge in [0.1, 0.15) is 0 Å². The molecule has 0 saturated carbocycles. The molecule has 3 aliphatic heterocycles. The summed E-state index contributed by atoms with van der Waals surface area (Å²) in [5.41, 5.74) is 0. The molecule has 3 saturated heterocycles. The summed E-state index contributed by atoms with van der Waals surface area (Å²) in [5.74, 6) is 0.141. The van der Waals surface area contributed by atoms with E-state index in [9.17, 15) is 13.2 Å². The maximum atomic E-state index is 12.9. The number of piperidine rings is 1. The van der Waals surface area contributed by atoms with Crippen molar-refractivity contribution in [1.82, 2.24) is 14.1 Å². The van der Waals surface area contributed by atoms with Gasteiger partial charge in [0.05, 0.1) is 26.0 Å². The maximum Gasteiger partial charge on any atom is 0.237 e. The lowest BCUT2D eigenvalue weighted by molar-refractivity contribution is -0.138. The average Bonchev–Trinajstić information content (AvgIpc) is 2.77. The summed E-state index contributed by atoms with van der Waals surface area (Å²) in [7, 11) is -3.23. The number of ether oxygens (including phenoxy) is 1. The SMILES string of the molecule is CS(=O)(=O)N1CCCC[C@@H]2[C@H]1CCCN2C(=O)CN1CCOCC1. The molecule has 3 heterocycles. The number of sulfonamides is 1. The minimum absolute atomic E-state index is 0.0320. The second-order valence-electron chi connectivity index (χ2n) is 7.12. The number of rotatable bonds is 3. The van der Waals surface area contributed by atoms with Gasteiger partial charge in [-0.25, -0.2) is 8.42 Å². The molecule has 0 bridgehead atoms. The van der Waals surface area contributed by atoms with E-state index in [4.69, 9.17) is 4.74 Å². The number of hydrogen-bond acceptors (Lipinski definition) is 5. The largest absolute Gasteiger partial charge is 0.379 e. The van der Waals surface area contributed by atoms with Crippen molar-refractivity contribution in [2.75, 3.05) is 52.2 Å². The van der Waals surface area contributed by atoms with Crippen molar-refractivity contribution in [3.8, 4) is 0 Å². The Morgan fingerprint density at radius 1 is 1.00 bits per heavy atom. The van der Waals surface area contributed by atoms with Crippen molar-refractivity contribution in [3.05, 3.63) is 0 Å². The Labute approximate surface area is 145 Å². The number of likely N-dealkylation sites (tertiary alicyclic amines) is 1. The van der Waals surface area contributed by atoms with Crippen molar-refractivity contribution < 1.29 is 17.9 Å². The highest BCUT2D eigenvalue weighted by atomic mass is 32.2. The lowest BCUT2D eigenvalue weighted by Gasteiger charge is -2.44. The van der Waals surface area contributed by atoms with Crippen LogP contribution >= 0.6 is 0 Å². The molecule has 1 amide bonds. The lowest BCUT2D eigenvalue weighted by atomic mass is 9.93. The van der Waals surface area contributed by atoms with Crippen LogP contribution in [0.5, 0.6) is 0 Å². The van der Waals surface area contributed by atoms with Gasteiger partial charge in [0.25, 0.3) is 0 Å². The van der Waals surface area contributed by atoms with Crippen LogP contribution in [-0.2, 0) is 19.6 Å². The standard InChI is InChI=1S/C16H29N3O4S/c1-24(21,22)19-8-3-2-5-14-15(19)6-4-7-18(14)16(20)13-17-9-11-23-12-10-17/h14-15H,2-13H2,1H3/t14-,15-/m1/s1. The molecule has 138 valence electrons. The van der Waals surface area contributed by atoms with E-state index in [-0.39, 0.29) is 18.0 Å². The number of morpholine rings is 1. The molecule has 0 spiro atoms. The third kappa shape index (κ3) is 4.09. The third-order valence-corrected chi connectivity index (χ3v) is 6.76. The average molecular weight is 359 g/mol. The number of amides is 1. The second kappa shape index (κ2) is 7.68. The molecule has 2 atom stereocenters. The van der Waals surface area contributed by atoms with Gasteiger partial charge in [-0.3, -0.25) is 9.69 Å². The summed E-state index contributed by atoms with van der Waals surface area (Å²) in [4.78, 5) is 17.0. The third-order valence-electron chi connectivity index (χ3n) is 5.45. The van der Waals surface area contributed by atoms with Gasteiger partial charge >= 0.3 is 0 Å². The summed E-state index contributed by atoms with van der Waals surface area (Å²) in [6.45, 7) is 4.72. The van der Waals surface area contributed by atoms with Gasteiger partial charge in [0.2, 0.25) is 15.9 Å². The Morgan fingerprint density at radius 2 is 1.71 bits per heavy atom. The van der Waals surface area contributed by atoms with E-state index in [1.54, 1.807) is 4.31 Å². The first-order valence-electron chi connectivity index (χ1n) is 9.03. The molecule has 8 heteroatoms. The number of carbonyl (C=O) groups is 1. The Morgan fingerprint density at radius 3 is 2.42 bits per heavy atom. The van der Waals surface area contributed by atoms with Gasteiger partial charge in [-0.15, -0.1) is 0 Å². The Balaban J connectivity index is 1.72. The van der Waals surface area contributed by atoms with Gasteiger partial charge in [0.15, 0.2) is 0 Å². The topological polar surface area (TPSA) is 70.2 Å². The molecule has 24 heavy (non-hydrogen) atoms. The molecule has 0 aromatic rings. The van der Waals surface area contributed by atoms with Crippen LogP contribution in [0.15, 0.2) is 0 Å². The van der Waals surface area contributed by atoms with Crippen LogP contribution in [0.25, 0.3) is 0 Å². The fourth-order valence-electron chi connectivity index (χ4n) is 4.27. The van der Waals surface area contributed by atoms with Gasteiger partial charge in [-0.1, -0.05) is 6.42 Å². The summed E-state index contributed by atoms with van der Waals surface area (Å²) < 4.78 is 31.4. The first-order chi connectivity index (χ1) is 11.5. The molecule has 7 nitrogen and oxygen atoms in total. The van der Waals surface area contributed by atoms with Crippen molar-refractivity contribution in [3.63, 3.8) is 0 Å². The monoisotopic (exact) mass is 359 g/mol. The Kier molecular flexibility index (Phi) is 5.79. The van der Waals surface area contributed by atoms with E-state index in [0.29, 0.717) is 26.3 Å². The van der Waals surface area contributed by atoms with E-state index >= 15 is 0 Å². The zero-order valence-electron chi connectivity index (χ0n) is 14.5. The summed E-state index contributed by atoms with van der Waals surface area (Å²) in [6.07, 6.45) is 5.80. The van der Waals surface area contributed by atoms with Gasteiger partial charge in [-0.2, -0.15) is 4.31 Å². The number of carbonyl (C=O) groups excluding carboxylic acids is 1. The van der Waals surface area contributed by atoms with E-state index in [1.807, 2.05) is 4.90 Å². The van der Waals surface area contributed by atoms with Gasteiger partial charge < -0.3 is 9.64 Å². The first-order valence-corrected chi connectivity index (χ1v) is 10.9. The molecule has 0 unspecified atom stereocenters. The number of nitrogens with zero attached hydrogens (tertiary/aromatic N) is 3. The smallest absolute Gasteiger partial charge is 0.237 e. The highest BCUT2D eigenvalue weighted by Gasteiger charge is 2.41. The maximum absolute atomic E-state index is 12.9. The summed E-state index contributed by atoms with van der Waals surface area (Å²) >= 11 is 0. The minimum Gasteiger partial charge on any atom is -0.379 e. The van der Waals surface area contributed by atoms with Crippen LogP contribution in [0, 0.1) is 0 Å². The first kappa shape index (κ1) is 18.1. The molecule has 3 aliphatic rings. The van der Waals surface area contributed by atoms with E-state index in [1.165, 1.54) is 6.26 Å². The molecule has 0 N–H and O–H groups in total. The second-order valence-corrected chi connectivity index (χ2v) is 9.06. The number of hydrogen-bond donors (Lipinski definition) is 0. The van der Waals surface area contributed by atoms with Crippen molar-refractivity contribution >= 4 is 15.9 Å². The quantitative estimate of drug-likeness (QED) is 0.716. The fraction of sp³-hybridized carbons (Fsp3) is 0.938. The Hall–Kier alpha value is -0.700. The van der Waals surface area contributed by atoms with Crippen molar-refractivity contribution in [2.45, 2.75) is 44.2 Å². The molecule has 3 fully saturated rings. The molecule has 0 radical (unpaired) electrons. The van der Waals surface area contributed by atoms with Crippen molar-refractivity contribution in [2.24, 2.45) is 0 Å². The van der Waals surface area contributed by atoms with E-state index < -0.39 is 10.0 Å². The van der Waals surface area contributed by atoms with Crippen LogP contribution in [-0.4, -0.2) is 92.7 Å². The van der Waals surface area contributed by atoms with Crippen molar-refractivity contribution in [1.29, 1.82) is 0 Å². The zero-order chi connectivity index (χ0) is 17.2. The summed E-state index contributed by atoms with van der Waals surface area (Å²) in [5, 5.41) is 0. The van der Waals surface area contributed by atoms with E-state index in [2.05, 4.69) is 4.90 Å². The normalized spacial score (nSPS) is 30.6.